The zero-order chi connectivity index (χ0) is 20.6. The highest BCUT2D eigenvalue weighted by Gasteiger charge is 2.20. The Balaban J connectivity index is 0.00000320. The summed E-state index contributed by atoms with van der Waals surface area (Å²) in [6.45, 7) is 10.5. The zero-order valence-corrected chi connectivity index (χ0v) is 21.3. The van der Waals surface area contributed by atoms with E-state index in [1.54, 1.807) is 25.6 Å². The summed E-state index contributed by atoms with van der Waals surface area (Å²) in [6, 6.07) is 6.14. The monoisotopic (exact) mass is 545 g/mol. The van der Waals surface area contributed by atoms with Crippen molar-refractivity contribution in [3.05, 3.63) is 39.8 Å². The van der Waals surface area contributed by atoms with Crippen LogP contribution >= 0.6 is 35.3 Å². The molecule has 3 rings (SSSR count). The standard InChI is InChI=1S/C21H31N5O2S.HI/c1-5-22-21(24-14-20-23-13-16(2)29-20)26-10-8-25(9-11-26)15-17-6-7-18(27-3)19(12-17)28-4;/h6-7,12-13H,5,8-11,14-15H2,1-4H3,(H,22,24);1H. The zero-order valence-electron chi connectivity index (χ0n) is 18.2. The van der Waals surface area contributed by atoms with Crippen molar-refractivity contribution in [1.82, 2.24) is 20.1 Å². The molecule has 0 amide bonds. The normalized spacial score (nSPS) is 14.9. The van der Waals surface area contributed by atoms with Crippen LogP contribution in [0.1, 0.15) is 22.4 Å². The average Bonchev–Trinajstić information content (AvgIpc) is 3.16. The molecule has 0 spiro atoms. The Morgan fingerprint density at radius 2 is 1.90 bits per heavy atom. The van der Waals surface area contributed by atoms with Gasteiger partial charge in [0.05, 0.1) is 20.8 Å². The summed E-state index contributed by atoms with van der Waals surface area (Å²) >= 11 is 1.71. The second-order valence-electron chi connectivity index (χ2n) is 6.99. The number of ether oxygens (including phenoxy) is 2. The fourth-order valence-corrected chi connectivity index (χ4v) is 4.11. The molecule has 30 heavy (non-hydrogen) atoms. The first-order valence-corrected chi connectivity index (χ1v) is 10.8. The van der Waals surface area contributed by atoms with Crippen molar-refractivity contribution in [2.45, 2.75) is 26.9 Å². The van der Waals surface area contributed by atoms with Gasteiger partial charge in [-0.3, -0.25) is 4.90 Å². The van der Waals surface area contributed by atoms with Gasteiger partial charge in [0, 0.05) is 50.3 Å². The molecular weight excluding hydrogens is 513 g/mol. The number of rotatable bonds is 7. The number of guanidine groups is 1. The van der Waals surface area contributed by atoms with Crippen LogP contribution in [0.15, 0.2) is 29.4 Å². The first-order chi connectivity index (χ1) is 14.1. The highest BCUT2D eigenvalue weighted by Crippen LogP contribution is 2.28. The van der Waals surface area contributed by atoms with Crippen molar-refractivity contribution in [2.24, 2.45) is 4.99 Å². The summed E-state index contributed by atoms with van der Waals surface area (Å²) in [4.78, 5) is 15.3. The van der Waals surface area contributed by atoms with Gasteiger partial charge >= 0.3 is 0 Å². The molecule has 0 unspecified atom stereocenters. The third kappa shape index (κ3) is 6.71. The number of thiazole rings is 1. The summed E-state index contributed by atoms with van der Waals surface area (Å²) in [7, 11) is 3.34. The van der Waals surface area contributed by atoms with E-state index in [2.05, 4.69) is 46.1 Å². The van der Waals surface area contributed by atoms with Crippen LogP contribution in [-0.4, -0.2) is 67.7 Å². The van der Waals surface area contributed by atoms with Crippen LogP contribution in [0.5, 0.6) is 11.5 Å². The second kappa shape index (κ2) is 12.3. The van der Waals surface area contributed by atoms with Crippen LogP contribution in [-0.2, 0) is 13.1 Å². The van der Waals surface area contributed by atoms with Gasteiger partial charge in [-0.05, 0) is 31.5 Å². The Morgan fingerprint density at radius 1 is 1.17 bits per heavy atom. The molecule has 1 aromatic carbocycles. The quantitative estimate of drug-likeness (QED) is 0.327. The van der Waals surface area contributed by atoms with E-state index in [0.29, 0.717) is 6.54 Å². The summed E-state index contributed by atoms with van der Waals surface area (Å²) < 4.78 is 10.8. The molecule has 0 atom stereocenters. The lowest BCUT2D eigenvalue weighted by Gasteiger charge is -2.36. The number of nitrogens with zero attached hydrogens (tertiary/aromatic N) is 4. The Labute approximate surface area is 200 Å². The van der Waals surface area contributed by atoms with Crippen LogP contribution in [0.4, 0.5) is 0 Å². The Hall–Kier alpha value is -1.59. The fourth-order valence-electron chi connectivity index (χ4n) is 3.40. The summed E-state index contributed by atoms with van der Waals surface area (Å²) in [6.07, 6.45) is 1.91. The van der Waals surface area contributed by atoms with Gasteiger partial charge in [0.2, 0.25) is 0 Å². The number of hydrogen-bond donors (Lipinski definition) is 1. The van der Waals surface area contributed by atoms with Gasteiger partial charge in [-0.25, -0.2) is 9.98 Å². The van der Waals surface area contributed by atoms with Gasteiger partial charge in [-0.1, -0.05) is 6.07 Å². The minimum Gasteiger partial charge on any atom is -0.493 e. The maximum atomic E-state index is 5.43. The highest BCUT2D eigenvalue weighted by atomic mass is 127. The number of halogens is 1. The molecule has 0 bridgehead atoms. The van der Waals surface area contributed by atoms with E-state index in [0.717, 1.165) is 61.7 Å². The van der Waals surface area contributed by atoms with Crippen LogP contribution in [0.2, 0.25) is 0 Å². The number of benzene rings is 1. The molecule has 0 radical (unpaired) electrons. The smallest absolute Gasteiger partial charge is 0.194 e. The van der Waals surface area contributed by atoms with E-state index in [1.807, 2.05) is 12.3 Å². The van der Waals surface area contributed by atoms with Crippen molar-refractivity contribution < 1.29 is 9.47 Å². The topological polar surface area (TPSA) is 62.2 Å². The largest absolute Gasteiger partial charge is 0.493 e. The van der Waals surface area contributed by atoms with Crippen molar-refractivity contribution >= 4 is 41.3 Å². The Kier molecular flexibility index (Phi) is 10.1. The third-order valence-electron chi connectivity index (χ3n) is 4.89. The number of nitrogens with one attached hydrogen (secondary N) is 1. The number of hydrogen-bond acceptors (Lipinski definition) is 6. The maximum Gasteiger partial charge on any atom is 0.194 e. The minimum absolute atomic E-state index is 0. The van der Waals surface area contributed by atoms with Crippen molar-refractivity contribution in [3.63, 3.8) is 0 Å². The van der Waals surface area contributed by atoms with Gasteiger partial charge in [-0.15, -0.1) is 35.3 Å². The second-order valence-corrected chi connectivity index (χ2v) is 8.31. The van der Waals surface area contributed by atoms with E-state index in [-0.39, 0.29) is 24.0 Å². The first kappa shape index (κ1) is 24.7. The molecule has 2 aromatic rings. The molecule has 0 aliphatic carbocycles. The van der Waals surface area contributed by atoms with Gasteiger partial charge in [0.25, 0.3) is 0 Å². The van der Waals surface area contributed by atoms with Crippen molar-refractivity contribution in [2.75, 3.05) is 46.9 Å². The number of piperazine rings is 1. The number of methoxy groups -OCH3 is 2. The lowest BCUT2D eigenvalue weighted by molar-refractivity contribution is 0.172. The van der Waals surface area contributed by atoms with Gasteiger partial charge in [0.1, 0.15) is 5.01 Å². The van der Waals surface area contributed by atoms with Crippen LogP contribution in [0, 0.1) is 6.92 Å². The average molecular weight is 545 g/mol. The first-order valence-electron chi connectivity index (χ1n) is 10.0. The third-order valence-corrected chi connectivity index (χ3v) is 5.79. The SMILES string of the molecule is CCNC(=NCc1ncc(C)s1)N1CCN(Cc2ccc(OC)c(OC)c2)CC1.I. The maximum absolute atomic E-state index is 5.43. The van der Waals surface area contributed by atoms with E-state index in [9.17, 15) is 0 Å². The molecular formula is C21H32IN5O2S. The van der Waals surface area contributed by atoms with Crippen LogP contribution < -0.4 is 14.8 Å². The van der Waals surface area contributed by atoms with E-state index in [1.165, 1.54) is 10.4 Å². The minimum atomic E-state index is 0. The number of aromatic nitrogens is 1. The van der Waals surface area contributed by atoms with Gasteiger partial charge < -0.3 is 19.7 Å². The lowest BCUT2D eigenvalue weighted by Crippen LogP contribution is -2.52. The molecule has 0 saturated carbocycles. The van der Waals surface area contributed by atoms with E-state index >= 15 is 0 Å². The molecule has 2 heterocycles. The predicted octanol–water partition coefficient (Wildman–Crippen LogP) is 3.37. The fraction of sp³-hybridized carbons (Fsp3) is 0.524. The molecule has 1 saturated heterocycles. The molecule has 7 nitrogen and oxygen atoms in total. The van der Waals surface area contributed by atoms with Crippen LogP contribution in [0.3, 0.4) is 0 Å². The molecule has 1 N–H and O–H groups in total. The van der Waals surface area contributed by atoms with Gasteiger partial charge in [0.15, 0.2) is 17.5 Å². The molecule has 166 valence electrons. The summed E-state index contributed by atoms with van der Waals surface area (Å²) in [5.74, 6) is 2.52. The van der Waals surface area contributed by atoms with Crippen molar-refractivity contribution in [3.8, 4) is 11.5 Å². The van der Waals surface area contributed by atoms with Crippen LogP contribution in [0.25, 0.3) is 0 Å². The summed E-state index contributed by atoms with van der Waals surface area (Å²) in [5, 5.41) is 4.49. The van der Waals surface area contributed by atoms with Crippen molar-refractivity contribution in [1.29, 1.82) is 0 Å². The Morgan fingerprint density at radius 3 is 2.50 bits per heavy atom. The molecule has 1 aromatic heterocycles. The molecule has 1 aliphatic heterocycles. The molecule has 1 aliphatic rings. The summed E-state index contributed by atoms with van der Waals surface area (Å²) in [5.41, 5.74) is 1.23. The predicted molar refractivity (Wildman–Crippen MR) is 133 cm³/mol. The highest BCUT2D eigenvalue weighted by molar-refractivity contribution is 14.0. The lowest BCUT2D eigenvalue weighted by atomic mass is 10.1. The molecule has 1 fully saturated rings. The van der Waals surface area contributed by atoms with Gasteiger partial charge in [-0.2, -0.15) is 0 Å². The number of aryl methyl sites for hydroxylation is 1. The number of aliphatic imine (C=N–C) groups is 1. The molecule has 9 heteroatoms. The van der Waals surface area contributed by atoms with E-state index in [4.69, 9.17) is 14.5 Å². The Bertz CT molecular complexity index is 821. The van der Waals surface area contributed by atoms with E-state index < -0.39 is 0 Å².